The number of hydrogen-bond donors (Lipinski definition) is 1. The van der Waals surface area contributed by atoms with Crippen molar-refractivity contribution in [3.05, 3.63) is 60.4 Å². The van der Waals surface area contributed by atoms with E-state index in [-0.39, 0.29) is 0 Å². The summed E-state index contributed by atoms with van der Waals surface area (Å²) in [6.07, 6.45) is 1.51. The number of ether oxygens (including phenoxy) is 1. The van der Waals surface area contributed by atoms with Gasteiger partial charge in [0, 0.05) is 15.6 Å². The van der Waals surface area contributed by atoms with E-state index in [0.717, 1.165) is 8.95 Å². The van der Waals surface area contributed by atoms with Crippen LogP contribution < -0.4 is 10.2 Å². The Morgan fingerprint density at radius 1 is 1.25 bits per heavy atom. The highest BCUT2D eigenvalue weighted by atomic mass is 79.9. The molecular formula is C16H12Br2Cl2N2O2. The van der Waals surface area contributed by atoms with Crippen molar-refractivity contribution < 1.29 is 9.53 Å². The van der Waals surface area contributed by atoms with Crippen molar-refractivity contribution >= 4 is 67.2 Å². The van der Waals surface area contributed by atoms with Crippen molar-refractivity contribution in [3.8, 4) is 5.75 Å². The van der Waals surface area contributed by atoms with Crippen LogP contribution in [0.25, 0.3) is 0 Å². The van der Waals surface area contributed by atoms with Crippen LogP contribution in [0.4, 0.5) is 0 Å². The highest BCUT2D eigenvalue weighted by molar-refractivity contribution is 9.11. The van der Waals surface area contributed by atoms with Gasteiger partial charge in [-0.1, -0.05) is 39.1 Å². The molecule has 0 aliphatic rings. The monoisotopic (exact) mass is 492 g/mol. The van der Waals surface area contributed by atoms with Crippen molar-refractivity contribution in [2.24, 2.45) is 5.10 Å². The van der Waals surface area contributed by atoms with Crippen molar-refractivity contribution in [3.63, 3.8) is 0 Å². The molecule has 4 nitrogen and oxygen atoms in total. The van der Waals surface area contributed by atoms with Crippen LogP contribution >= 0.6 is 55.1 Å². The molecule has 1 N–H and O–H groups in total. The number of carbonyl (C=O) groups excluding carboxylic acids is 1. The molecule has 0 heterocycles. The Hall–Kier alpha value is -1.08. The number of carbonyl (C=O) groups is 1. The molecule has 0 aliphatic heterocycles. The number of nitrogens with zero attached hydrogens (tertiary/aromatic N) is 1. The first-order chi connectivity index (χ1) is 11.4. The molecule has 1 amide bonds. The van der Waals surface area contributed by atoms with E-state index >= 15 is 0 Å². The second kappa shape index (κ2) is 8.85. The van der Waals surface area contributed by atoms with Crippen LogP contribution in [0, 0.1) is 0 Å². The Balaban J connectivity index is 2.16. The summed E-state index contributed by atoms with van der Waals surface area (Å²) in [5.74, 6) is 0.255. The molecule has 24 heavy (non-hydrogen) atoms. The number of halogens is 4. The summed E-state index contributed by atoms with van der Waals surface area (Å²) in [6, 6.07) is 8.32. The van der Waals surface area contributed by atoms with Gasteiger partial charge in [-0.05, 0) is 53.2 Å². The van der Waals surface area contributed by atoms with Gasteiger partial charge in [-0.15, -0.1) is 0 Å². The summed E-state index contributed by atoms with van der Waals surface area (Å²) in [6.45, 7) is 2.40. The first-order valence-electron chi connectivity index (χ1n) is 6.82. The van der Waals surface area contributed by atoms with Gasteiger partial charge in [-0.25, -0.2) is 5.43 Å². The zero-order valence-electron chi connectivity index (χ0n) is 12.4. The lowest BCUT2D eigenvalue weighted by atomic mass is 10.2. The van der Waals surface area contributed by atoms with Gasteiger partial charge in [0.15, 0.2) is 0 Å². The second-order valence-corrected chi connectivity index (χ2v) is 7.15. The maximum atomic E-state index is 12.1. The zero-order valence-corrected chi connectivity index (χ0v) is 17.1. The third-order valence-corrected chi connectivity index (χ3v) is 4.66. The van der Waals surface area contributed by atoms with E-state index in [1.54, 1.807) is 12.1 Å². The average Bonchev–Trinajstić information content (AvgIpc) is 2.53. The van der Waals surface area contributed by atoms with Gasteiger partial charge >= 0.3 is 0 Å². The van der Waals surface area contributed by atoms with Gasteiger partial charge in [-0.2, -0.15) is 5.10 Å². The Kier molecular flexibility index (Phi) is 7.10. The van der Waals surface area contributed by atoms with Crippen LogP contribution in [0.15, 0.2) is 44.4 Å². The largest absolute Gasteiger partial charge is 0.492 e. The van der Waals surface area contributed by atoms with Crippen LogP contribution in [0.2, 0.25) is 10.0 Å². The molecule has 0 atom stereocenters. The van der Waals surface area contributed by atoms with Crippen LogP contribution in [-0.4, -0.2) is 18.7 Å². The van der Waals surface area contributed by atoms with E-state index in [0.29, 0.717) is 33.5 Å². The minimum Gasteiger partial charge on any atom is -0.492 e. The highest BCUT2D eigenvalue weighted by Gasteiger charge is 2.10. The first-order valence-corrected chi connectivity index (χ1v) is 9.17. The molecule has 0 spiro atoms. The number of amides is 1. The van der Waals surface area contributed by atoms with Gasteiger partial charge in [0.1, 0.15) is 5.75 Å². The Bertz CT molecular complexity index is 798. The van der Waals surface area contributed by atoms with E-state index in [1.807, 2.05) is 19.1 Å². The fraction of sp³-hybridized carbons (Fsp3) is 0.125. The van der Waals surface area contributed by atoms with Gasteiger partial charge < -0.3 is 4.74 Å². The van der Waals surface area contributed by atoms with Gasteiger partial charge in [0.05, 0.1) is 27.3 Å². The van der Waals surface area contributed by atoms with E-state index in [2.05, 4.69) is 42.4 Å². The molecule has 0 fully saturated rings. The molecule has 0 aromatic heterocycles. The summed E-state index contributed by atoms with van der Waals surface area (Å²) >= 11 is 18.6. The third-order valence-electron chi connectivity index (χ3n) is 2.88. The summed E-state index contributed by atoms with van der Waals surface area (Å²) in [5.41, 5.74) is 3.52. The number of benzene rings is 2. The van der Waals surface area contributed by atoms with Crippen molar-refractivity contribution in [2.45, 2.75) is 6.92 Å². The van der Waals surface area contributed by atoms with Crippen LogP contribution in [0.5, 0.6) is 5.75 Å². The molecule has 0 radical (unpaired) electrons. The van der Waals surface area contributed by atoms with Crippen molar-refractivity contribution in [1.29, 1.82) is 0 Å². The van der Waals surface area contributed by atoms with E-state index in [1.165, 1.54) is 12.3 Å². The van der Waals surface area contributed by atoms with Gasteiger partial charge in [0.2, 0.25) is 0 Å². The molecule has 0 bridgehead atoms. The maximum absolute atomic E-state index is 12.1. The lowest BCUT2D eigenvalue weighted by Gasteiger charge is -2.10. The molecule has 0 saturated heterocycles. The lowest BCUT2D eigenvalue weighted by molar-refractivity contribution is 0.0955. The normalized spacial score (nSPS) is 10.9. The van der Waals surface area contributed by atoms with E-state index < -0.39 is 5.91 Å². The average molecular weight is 495 g/mol. The quantitative estimate of drug-likeness (QED) is 0.429. The topological polar surface area (TPSA) is 50.7 Å². The van der Waals surface area contributed by atoms with E-state index in [4.69, 9.17) is 27.9 Å². The predicted octanol–water partition coefficient (Wildman–Crippen LogP) is 5.68. The maximum Gasteiger partial charge on any atom is 0.271 e. The molecule has 126 valence electrons. The second-order valence-electron chi connectivity index (χ2n) is 4.57. The fourth-order valence-electron chi connectivity index (χ4n) is 1.84. The third kappa shape index (κ3) is 4.96. The Morgan fingerprint density at radius 3 is 2.67 bits per heavy atom. The number of hydrogen-bond acceptors (Lipinski definition) is 3. The van der Waals surface area contributed by atoms with Crippen LogP contribution in [0.3, 0.4) is 0 Å². The molecule has 8 heteroatoms. The van der Waals surface area contributed by atoms with E-state index in [9.17, 15) is 4.79 Å². The highest BCUT2D eigenvalue weighted by Crippen LogP contribution is 2.32. The smallest absolute Gasteiger partial charge is 0.271 e. The fourth-order valence-corrected chi connectivity index (χ4v) is 3.51. The zero-order chi connectivity index (χ0) is 17.7. The molecule has 2 aromatic rings. The van der Waals surface area contributed by atoms with Crippen molar-refractivity contribution in [2.75, 3.05) is 6.61 Å². The predicted molar refractivity (Wildman–Crippen MR) is 105 cm³/mol. The van der Waals surface area contributed by atoms with Crippen LogP contribution in [0.1, 0.15) is 22.8 Å². The molecule has 2 rings (SSSR count). The summed E-state index contributed by atoms with van der Waals surface area (Å²) in [4.78, 5) is 12.1. The summed E-state index contributed by atoms with van der Waals surface area (Å²) in [7, 11) is 0. The number of nitrogens with one attached hydrogen (secondary N) is 1. The number of rotatable bonds is 5. The van der Waals surface area contributed by atoms with Crippen molar-refractivity contribution in [1.82, 2.24) is 5.43 Å². The minimum atomic E-state index is -0.392. The SMILES string of the molecule is CCOc1c(Br)cc(Br)cc1/C=N\NC(=O)c1ccc(Cl)c(Cl)c1. The molecular weight excluding hydrogens is 483 g/mol. The summed E-state index contributed by atoms with van der Waals surface area (Å²) in [5, 5.41) is 4.67. The lowest BCUT2D eigenvalue weighted by Crippen LogP contribution is -2.17. The Labute approximate surface area is 166 Å². The molecule has 0 aliphatic carbocycles. The van der Waals surface area contributed by atoms with Gasteiger partial charge in [-0.3, -0.25) is 4.79 Å². The van der Waals surface area contributed by atoms with Gasteiger partial charge in [0.25, 0.3) is 5.91 Å². The number of hydrazone groups is 1. The Morgan fingerprint density at radius 2 is 2.00 bits per heavy atom. The standard InChI is InChI=1S/C16H12Br2Cl2N2O2/c1-2-24-15-10(5-11(17)7-12(15)18)8-21-22-16(23)9-3-4-13(19)14(20)6-9/h3-8H,2H2,1H3,(H,22,23)/b21-8-. The molecule has 2 aromatic carbocycles. The molecule has 0 unspecified atom stereocenters. The first kappa shape index (κ1) is 19.2. The van der Waals surface area contributed by atoms with Crippen LogP contribution in [-0.2, 0) is 0 Å². The molecule has 0 saturated carbocycles. The minimum absolute atomic E-state index is 0.308. The summed E-state index contributed by atoms with van der Waals surface area (Å²) < 4.78 is 7.23.